The first-order chi connectivity index (χ1) is 19.6. The van der Waals surface area contributed by atoms with Gasteiger partial charge in [-0.25, -0.2) is 0 Å². The molecule has 0 fully saturated rings. The summed E-state index contributed by atoms with van der Waals surface area (Å²) in [6.07, 6.45) is 41.3. The molecule has 40 heavy (non-hydrogen) atoms. The summed E-state index contributed by atoms with van der Waals surface area (Å²) < 4.78 is 5.79. The van der Waals surface area contributed by atoms with Crippen LogP contribution in [0.5, 0.6) is 0 Å². The first kappa shape index (κ1) is 37.9. The summed E-state index contributed by atoms with van der Waals surface area (Å²) >= 11 is 0. The number of rotatable bonds is 29. The molecule has 4 nitrogen and oxygen atoms in total. The van der Waals surface area contributed by atoms with E-state index < -0.39 is 5.97 Å². The van der Waals surface area contributed by atoms with Crippen LogP contribution in [0.3, 0.4) is 0 Å². The second kappa shape index (κ2) is 31.4. The van der Waals surface area contributed by atoms with Crippen molar-refractivity contribution in [1.82, 2.24) is 0 Å². The molecule has 0 aromatic heterocycles. The standard InChI is InChI=1S/C36H62O4/c1-3-5-7-9-11-13-15-16-18-20-22-24-29-33-36(39)40-34(31-27-25-28-32-35(37)38)30-26-23-21-19-17-14-12-10-8-6-4-2/h6,8,12,14,19,21,26,30,34H,3-5,7,9-11,13,15-18,20,22-25,27-29,31-33H2,1-2H3,(H,37,38)/b8-6-,14-12-,21-19-,30-26-. The van der Waals surface area contributed by atoms with Crippen molar-refractivity contribution in [3.05, 3.63) is 48.6 Å². The molecule has 0 radical (unpaired) electrons. The summed E-state index contributed by atoms with van der Waals surface area (Å²) in [7, 11) is 0. The monoisotopic (exact) mass is 558 g/mol. The van der Waals surface area contributed by atoms with Gasteiger partial charge in [-0.15, -0.1) is 0 Å². The number of allylic oxidation sites excluding steroid dienone is 7. The van der Waals surface area contributed by atoms with Crippen molar-refractivity contribution in [1.29, 1.82) is 0 Å². The molecule has 0 amide bonds. The number of aliphatic carboxylic acids is 1. The Balaban J connectivity index is 4.15. The Hall–Kier alpha value is -2.10. The number of esters is 1. The summed E-state index contributed by atoms with van der Waals surface area (Å²) in [4.78, 5) is 23.2. The highest BCUT2D eigenvalue weighted by Crippen LogP contribution is 2.15. The SMILES string of the molecule is CC/C=C\C/C=C\C/C=C\C/C=C\C(CCCCCC(=O)O)OC(=O)CCCCCCCCCCCCCCC. The lowest BCUT2D eigenvalue weighted by Gasteiger charge is -2.14. The number of hydrogen-bond donors (Lipinski definition) is 1. The Morgan fingerprint density at radius 1 is 0.575 bits per heavy atom. The fourth-order valence-corrected chi connectivity index (χ4v) is 4.62. The molecule has 230 valence electrons. The van der Waals surface area contributed by atoms with Crippen LogP contribution in [-0.2, 0) is 14.3 Å². The van der Waals surface area contributed by atoms with Crippen LogP contribution in [0, 0.1) is 0 Å². The van der Waals surface area contributed by atoms with Crippen molar-refractivity contribution >= 4 is 11.9 Å². The summed E-state index contributed by atoms with van der Waals surface area (Å²) in [5, 5.41) is 8.83. The van der Waals surface area contributed by atoms with Crippen LogP contribution >= 0.6 is 0 Å². The summed E-state index contributed by atoms with van der Waals surface area (Å²) in [5.74, 6) is -0.860. The van der Waals surface area contributed by atoms with Crippen LogP contribution in [0.15, 0.2) is 48.6 Å². The third-order valence-corrected chi connectivity index (χ3v) is 7.05. The van der Waals surface area contributed by atoms with Gasteiger partial charge in [0.2, 0.25) is 0 Å². The van der Waals surface area contributed by atoms with E-state index in [0.717, 1.165) is 57.8 Å². The van der Waals surface area contributed by atoms with Crippen LogP contribution < -0.4 is 0 Å². The van der Waals surface area contributed by atoms with E-state index in [1.807, 2.05) is 6.08 Å². The van der Waals surface area contributed by atoms with E-state index in [1.165, 1.54) is 70.6 Å². The third-order valence-electron chi connectivity index (χ3n) is 7.05. The van der Waals surface area contributed by atoms with E-state index in [4.69, 9.17) is 9.84 Å². The van der Waals surface area contributed by atoms with Crippen LogP contribution in [0.4, 0.5) is 0 Å². The maximum absolute atomic E-state index is 12.5. The van der Waals surface area contributed by atoms with Crippen LogP contribution in [-0.4, -0.2) is 23.1 Å². The highest BCUT2D eigenvalue weighted by molar-refractivity contribution is 5.69. The zero-order valence-electron chi connectivity index (χ0n) is 26.1. The Kier molecular flexibility index (Phi) is 29.8. The van der Waals surface area contributed by atoms with Crippen LogP contribution in [0.1, 0.15) is 162 Å². The van der Waals surface area contributed by atoms with E-state index in [1.54, 1.807) is 0 Å². The Morgan fingerprint density at radius 3 is 1.55 bits per heavy atom. The molecule has 0 aromatic rings. The largest absolute Gasteiger partial charge is 0.481 e. The van der Waals surface area contributed by atoms with Crippen molar-refractivity contribution < 1.29 is 19.4 Å². The van der Waals surface area contributed by atoms with E-state index in [2.05, 4.69) is 56.4 Å². The molecule has 0 heterocycles. The number of hydrogen-bond acceptors (Lipinski definition) is 3. The van der Waals surface area contributed by atoms with Crippen molar-refractivity contribution in [2.45, 2.75) is 168 Å². The van der Waals surface area contributed by atoms with Gasteiger partial charge in [0.05, 0.1) is 0 Å². The molecular formula is C36H62O4. The smallest absolute Gasteiger partial charge is 0.306 e. The van der Waals surface area contributed by atoms with E-state index in [0.29, 0.717) is 12.8 Å². The number of carbonyl (C=O) groups is 2. The lowest BCUT2D eigenvalue weighted by atomic mass is 10.0. The summed E-state index contributed by atoms with van der Waals surface area (Å²) in [6, 6.07) is 0. The van der Waals surface area contributed by atoms with Crippen molar-refractivity contribution in [3.8, 4) is 0 Å². The fourth-order valence-electron chi connectivity index (χ4n) is 4.62. The third kappa shape index (κ3) is 30.4. The van der Waals surface area contributed by atoms with Gasteiger partial charge in [-0.1, -0.05) is 140 Å². The zero-order valence-corrected chi connectivity index (χ0v) is 26.1. The van der Waals surface area contributed by atoms with E-state index >= 15 is 0 Å². The van der Waals surface area contributed by atoms with Crippen LogP contribution in [0.2, 0.25) is 0 Å². The summed E-state index contributed by atoms with van der Waals surface area (Å²) in [5.41, 5.74) is 0. The molecule has 1 atom stereocenters. The first-order valence-electron chi connectivity index (χ1n) is 16.6. The first-order valence-corrected chi connectivity index (χ1v) is 16.6. The predicted molar refractivity (Wildman–Crippen MR) is 172 cm³/mol. The Bertz CT molecular complexity index is 689. The number of carboxylic acid groups (broad SMARTS) is 1. The highest BCUT2D eigenvalue weighted by atomic mass is 16.5. The average molecular weight is 559 g/mol. The van der Waals surface area contributed by atoms with Crippen molar-refractivity contribution in [2.24, 2.45) is 0 Å². The van der Waals surface area contributed by atoms with Gasteiger partial charge < -0.3 is 9.84 Å². The maximum atomic E-state index is 12.5. The molecular weight excluding hydrogens is 496 g/mol. The zero-order chi connectivity index (χ0) is 29.4. The fraction of sp³-hybridized carbons (Fsp3) is 0.722. The van der Waals surface area contributed by atoms with E-state index in [-0.39, 0.29) is 18.5 Å². The minimum absolute atomic E-state index is 0.110. The quantitative estimate of drug-likeness (QED) is 0.0563. The molecule has 0 saturated heterocycles. The van der Waals surface area contributed by atoms with Gasteiger partial charge in [-0.05, 0) is 57.4 Å². The maximum Gasteiger partial charge on any atom is 0.306 e. The summed E-state index contributed by atoms with van der Waals surface area (Å²) in [6.45, 7) is 4.41. The second-order valence-electron chi connectivity index (χ2n) is 11.0. The van der Waals surface area contributed by atoms with Gasteiger partial charge in [0.25, 0.3) is 0 Å². The molecule has 0 aliphatic heterocycles. The highest BCUT2D eigenvalue weighted by Gasteiger charge is 2.11. The normalized spacial score (nSPS) is 12.8. The van der Waals surface area contributed by atoms with Crippen molar-refractivity contribution in [2.75, 3.05) is 0 Å². The number of unbranched alkanes of at least 4 members (excludes halogenated alkanes) is 14. The molecule has 4 heteroatoms. The Labute approximate surface area is 247 Å². The van der Waals surface area contributed by atoms with Gasteiger partial charge in [-0.3, -0.25) is 9.59 Å². The molecule has 0 aliphatic rings. The predicted octanol–water partition coefficient (Wildman–Crippen LogP) is 11.2. The van der Waals surface area contributed by atoms with E-state index in [9.17, 15) is 9.59 Å². The lowest BCUT2D eigenvalue weighted by molar-refractivity contribution is -0.147. The molecule has 0 saturated carbocycles. The van der Waals surface area contributed by atoms with Crippen molar-refractivity contribution in [3.63, 3.8) is 0 Å². The molecule has 1 N–H and O–H groups in total. The van der Waals surface area contributed by atoms with Crippen LogP contribution in [0.25, 0.3) is 0 Å². The minimum atomic E-state index is -0.750. The van der Waals surface area contributed by atoms with Gasteiger partial charge in [0.15, 0.2) is 0 Å². The molecule has 0 aliphatic carbocycles. The molecule has 0 rings (SSSR count). The van der Waals surface area contributed by atoms with Gasteiger partial charge >= 0.3 is 11.9 Å². The topological polar surface area (TPSA) is 63.6 Å². The van der Waals surface area contributed by atoms with Gasteiger partial charge in [-0.2, -0.15) is 0 Å². The molecule has 1 unspecified atom stereocenters. The average Bonchev–Trinajstić information content (AvgIpc) is 2.93. The molecule has 0 bridgehead atoms. The number of carbonyl (C=O) groups excluding carboxylic acids is 1. The Morgan fingerprint density at radius 2 is 1.02 bits per heavy atom. The lowest BCUT2D eigenvalue weighted by Crippen LogP contribution is -2.16. The van der Waals surface area contributed by atoms with Gasteiger partial charge in [0.1, 0.15) is 6.10 Å². The molecule has 0 spiro atoms. The molecule has 0 aromatic carbocycles. The number of carboxylic acids is 1. The number of ether oxygens (including phenoxy) is 1. The second-order valence-corrected chi connectivity index (χ2v) is 11.0. The van der Waals surface area contributed by atoms with Gasteiger partial charge in [0, 0.05) is 12.8 Å². The minimum Gasteiger partial charge on any atom is -0.481 e.